The van der Waals surface area contributed by atoms with Crippen molar-refractivity contribution in [3.05, 3.63) is 71.3 Å². The minimum atomic E-state index is -0.640. The molecule has 0 atom stereocenters. The molecule has 164 valence electrons. The minimum Gasteiger partial charge on any atom is -0.444 e. The highest BCUT2D eigenvalue weighted by Crippen LogP contribution is 2.11. The van der Waals surface area contributed by atoms with Crippen LogP contribution in [0.15, 0.2) is 54.6 Å². The summed E-state index contributed by atoms with van der Waals surface area (Å²) >= 11 is 0. The number of carbonyl (C=O) groups excluding carboxylic acids is 3. The van der Waals surface area contributed by atoms with Crippen LogP contribution in [0.4, 0.5) is 10.5 Å². The molecule has 3 amide bonds. The third-order valence-corrected chi connectivity index (χ3v) is 3.97. The van der Waals surface area contributed by atoms with Crippen molar-refractivity contribution in [2.24, 2.45) is 0 Å². The lowest BCUT2D eigenvalue weighted by molar-refractivity contribution is -0.120. The smallest absolute Gasteiger partial charge is 0.408 e. The van der Waals surface area contributed by atoms with E-state index in [-0.39, 0.29) is 18.4 Å². The molecule has 0 saturated heterocycles. The van der Waals surface area contributed by atoms with Gasteiger partial charge in [-0.2, -0.15) is 0 Å². The third-order valence-electron chi connectivity index (χ3n) is 3.97. The second kappa shape index (κ2) is 11.0. The molecule has 0 radical (unpaired) electrons. The minimum absolute atomic E-state index is 0.170. The highest BCUT2D eigenvalue weighted by Gasteiger charge is 2.16. The lowest BCUT2D eigenvalue weighted by Crippen LogP contribution is -2.39. The lowest BCUT2D eigenvalue weighted by Gasteiger charge is -2.19. The third kappa shape index (κ3) is 9.62. The predicted octanol–water partition coefficient (Wildman–Crippen LogP) is 3.79. The second-order valence-corrected chi connectivity index (χ2v) is 8.07. The van der Waals surface area contributed by atoms with Gasteiger partial charge in [0.15, 0.2) is 0 Å². The van der Waals surface area contributed by atoms with Crippen LogP contribution >= 0.6 is 0 Å². The molecule has 0 saturated carbocycles. The Kier molecular flexibility index (Phi) is 8.37. The Balaban J connectivity index is 1.75. The molecule has 0 bridgehead atoms. The van der Waals surface area contributed by atoms with Crippen molar-refractivity contribution in [2.75, 3.05) is 11.9 Å². The normalized spacial score (nSPS) is 11.1. The Morgan fingerprint density at radius 1 is 1.00 bits per heavy atom. The Bertz CT molecular complexity index is 944. The number of alkyl carbamates (subject to hydrolysis) is 1. The van der Waals surface area contributed by atoms with Gasteiger partial charge in [0.25, 0.3) is 0 Å². The fourth-order valence-corrected chi connectivity index (χ4v) is 2.57. The van der Waals surface area contributed by atoms with Crippen molar-refractivity contribution in [1.29, 1.82) is 0 Å². The molecule has 0 heterocycles. The maximum Gasteiger partial charge on any atom is 0.408 e. The van der Waals surface area contributed by atoms with Crippen LogP contribution in [-0.4, -0.2) is 30.1 Å². The Hall–Kier alpha value is -3.61. The summed E-state index contributed by atoms with van der Waals surface area (Å²) in [4.78, 5) is 35.5. The van der Waals surface area contributed by atoms with Gasteiger partial charge in [-0.25, -0.2) is 4.79 Å². The number of ether oxygens (including phenoxy) is 1. The highest BCUT2D eigenvalue weighted by atomic mass is 16.6. The summed E-state index contributed by atoms with van der Waals surface area (Å²) in [6.07, 6.45) is 2.61. The maximum atomic E-state index is 12.1. The summed E-state index contributed by atoms with van der Waals surface area (Å²) in [5.41, 5.74) is 2.99. The quantitative estimate of drug-likeness (QED) is 0.591. The fourth-order valence-electron chi connectivity index (χ4n) is 2.57. The average molecular weight is 424 g/mol. The Labute approximate surface area is 182 Å². The molecule has 2 aromatic carbocycles. The van der Waals surface area contributed by atoms with Crippen molar-refractivity contribution >= 4 is 29.7 Å². The number of hydrogen-bond donors (Lipinski definition) is 3. The summed E-state index contributed by atoms with van der Waals surface area (Å²) < 4.78 is 5.07. The molecule has 0 aliphatic carbocycles. The van der Waals surface area contributed by atoms with Crippen LogP contribution in [0.2, 0.25) is 0 Å². The molecule has 0 aliphatic heterocycles. The summed E-state index contributed by atoms with van der Waals surface area (Å²) in [5, 5.41) is 7.91. The molecular formula is C24H29N3O4. The van der Waals surface area contributed by atoms with E-state index in [4.69, 9.17) is 4.74 Å². The highest BCUT2D eigenvalue weighted by molar-refractivity contribution is 6.01. The number of nitrogens with one attached hydrogen (secondary N) is 3. The number of hydrogen-bond acceptors (Lipinski definition) is 4. The topological polar surface area (TPSA) is 96.5 Å². The maximum absolute atomic E-state index is 12.1. The molecule has 7 nitrogen and oxygen atoms in total. The fraction of sp³-hybridized carbons (Fsp3) is 0.292. The van der Waals surface area contributed by atoms with Crippen LogP contribution in [-0.2, 0) is 20.9 Å². The van der Waals surface area contributed by atoms with Gasteiger partial charge in [-0.15, -0.1) is 0 Å². The molecule has 2 aromatic rings. The van der Waals surface area contributed by atoms with Crippen LogP contribution in [0.5, 0.6) is 0 Å². The monoisotopic (exact) mass is 423 g/mol. The van der Waals surface area contributed by atoms with E-state index in [1.807, 2.05) is 43.3 Å². The second-order valence-electron chi connectivity index (χ2n) is 8.07. The van der Waals surface area contributed by atoms with Gasteiger partial charge >= 0.3 is 6.09 Å². The zero-order valence-corrected chi connectivity index (χ0v) is 18.3. The van der Waals surface area contributed by atoms with E-state index in [9.17, 15) is 14.4 Å². The van der Waals surface area contributed by atoms with Gasteiger partial charge in [0, 0.05) is 18.3 Å². The number of amides is 3. The first-order valence-corrected chi connectivity index (χ1v) is 9.99. The van der Waals surface area contributed by atoms with Crippen LogP contribution in [0.3, 0.4) is 0 Å². The predicted molar refractivity (Wildman–Crippen MR) is 121 cm³/mol. The molecule has 7 heteroatoms. The van der Waals surface area contributed by atoms with Crippen LogP contribution < -0.4 is 16.0 Å². The van der Waals surface area contributed by atoms with Gasteiger partial charge < -0.3 is 20.7 Å². The molecule has 0 fully saturated rings. The molecule has 0 spiro atoms. The van der Waals surface area contributed by atoms with Crippen molar-refractivity contribution in [1.82, 2.24) is 10.6 Å². The van der Waals surface area contributed by atoms with E-state index in [2.05, 4.69) is 16.0 Å². The summed E-state index contributed by atoms with van der Waals surface area (Å²) in [6.45, 7) is 7.38. The van der Waals surface area contributed by atoms with Gasteiger partial charge in [-0.3, -0.25) is 9.59 Å². The molecule has 0 unspecified atom stereocenters. The van der Waals surface area contributed by atoms with Crippen molar-refractivity contribution in [2.45, 2.75) is 39.8 Å². The Morgan fingerprint density at radius 2 is 1.71 bits per heavy atom. The van der Waals surface area contributed by atoms with E-state index in [0.29, 0.717) is 12.2 Å². The zero-order valence-electron chi connectivity index (χ0n) is 18.3. The first-order valence-electron chi connectivity index (χ1n) is 9.99. The number of rotatable bonds is 7. The van der Waals surface area contributed by atoms with Gasteiger partial charge in [0.2, 0.25) is 11.8 Å². The first kappa shape index (κ1) is 23.7. The van der Waals surface area contributed by atoms with Gasteiger partial charge in [-0.1, -0.05) is 42.0 Å². The summed E-state index contributed by atoms with van der Waals surface area (Å²) in [6, 6.07) is 15.0. The number of carbonyl (C=O) groups is 3. The van der Waals surface area contributed by atoms with Crippen molar-refractivity contribution in [3.63, 3.8) is 0 Å². The van der Waals surface area contributed by atoms with E-state index >= 15 is 0 Å². The average Bonchev–Trinajstić information content (AvgIpc) is 2.69. The van der Waals surface area contributed by atoms with Gasteiger partial charge in [0.1, 0.15) is 12.1 Å². The number of aryl methyl sites for hydroxylation is 1. The number of benzene rings is 2. The van der Waals surface area contributed by atoms with E-state index in [1.165, 1.54) is 6.08 Å². The standard InChI is InChI=1S/C24H29N3O4/c1-17-6-5-7-18(14-17)10-13-21(28)27-20-11-8-19(9-12-20)15-25-22(29)16-26-23(30)31-24(2,3)4/h5-14H,15-16H2,1-4H3,(H,25,29)(H,26,30)(H,27,28)/b13-10+. The van der Waals surface area contributed by atoms with Crippen molar-refractivity contribution in [3.8, 4) is 0 Å². The Morgan fingerprint density at radius 3 is 2.35 bits per heavy atom. The molecule has 2 rings (SSSR count). The lowest BCUT2D eigenvalue weighted by atomic mass is 10.1. The van der Waals surface area contributed by atoms with E-state index < -0.39 is 11.7 Å². The van der Waals surface area contributed by atoms with Crippen molar-refractivity contribution < 1.29 is 19.1 Å². The van der Waals surface area contributed by atoms with Gasteiger partial charge in [-0.05, 0) is 57.0 Å². The van der Waals surface area contributed by atoms with Crippen LogP contribution in [0.25, 0.3) is 6.08 Å². The largest absolute Gasteiger partial charge is 0.444 e. The summed E-state index contributed by atoms with van der Waals surface area (Å²) in [7, 11) is 0. The van der Waals surface area contributed by atoms with E-state index in [1.54, 1.807) is 39.0 Å². The van der Waals surface area contributed by atoms with Gasteiger partial charge in [0.05, 0.1) is 0 Å². The van der Waals surface area contributed by atoms with Crippen LogP contribution in [0.1, 0.15) is 37.5 Å². The first-order chi connectivity index (χ1) is 14.6. The molecule has 0 aliphatic rings. The SMILES string of the molecule is Cc1cccc(/C=C/C(=O)Nc2ccc(CNC(=O)CNC(=O)OC(C)(C)C)cc2)c1. The molecule has 0 aromatic heterocycles. The summed E-state index contributed by atoms with van der Waals surface area (Å²) in [5.74, 6) is -0.555. The van der Waals surface area contributed by atoms with Crippen LogP contribution in [0, 0.1) is 6.92 Å². The number of anilines is 1. The molecule has 3 N–H and O–H groups in total. The molecule has 31 heavy (non-hydrogen) atoms. The van der Waals surface area contributed by atoms with E-state index in [0.717, 1.165) is 16.7 Å². The zero-order chi connectivity index (χ0) is 22.9. The molecular weight excluding hydrogens is 394 g/mol.